The summed E-state index contributed by atoms with van der Waals surface area (Å²) in [6, 6.07) is 9.93. The molecule has 3 aromatic carbocycles. The highest BCUT2D eigenvalue weighted by Gasteiger charge is 3.02. The Hall–Kier alpha value is -4.80. The molecule has 0 spiro atoms. The van der Waals surface area contributed by atoms with Gasteiger partial charge in [-0.2, -0.15) is 154 Å². The molecule has 3 rings (SSSR count). The van der Waals surface area contributed by atoms with Gasteiger partial charge in [0.05, 0.1) is 5.56 Å². The lowest BCUT2D eigenvalue weighted by Crippen LogP contribution is -2.80. The SMILES string of the molecule is O=C(OCC(F)(F)C(F)(F)C(F)(F)C(F)(F)C(F)(F)C(F)(F)C(F)(F)C(F)(F)C(F)(F)C(F)(F)C(F)(F)C(F)(F)C(F)(F)C(F)(F)C(F)(F)C(F)(F)C(F)(F)F)c1c2ccccc2cc2ccccc12. The highest BCUT2D eigenvalue weighted by Crippen LogP contribution is 2.70. The van der Waals surface area contributed by atoms with Crippen molar-refractivity contribution < 1.29 is 163 Å². The molecular weight excluding hydrogens is 1090 g/mol. The molecular formula is C33H11F35O2. The maximum Gasteiger partial charge on any atom is 0.460 e. The molecule has 0 aliphatic heterocycles. The molecule has 400 valence electrons. The van der Waals surface area contributed by atoms with Gasteiger partial charge in [0, 0.05) is 0 Å². The Labute approximate surface area is 359 Å². The summed E-state index contributed by atoms with van der Waals surface area (Å²) in [6.07, 6.45) is -8.45. The zero-order chi connectivity index (χ0) is 55.7. The van der Waals surface area contributed by atoms with E-state index in [9.17, 15) is 158 Å². The van der Waals surface area contributed by atoms with Crippen LogP contribution in [0.2, 0.25) is 0 Å². The van der Waals surface area contributed by atoms with Gasteiger partial charge >= 0.3 is 107 Å². The molecule has 0 aromatic heterocycles. The molecule has 0 saturated carbocycles. The Morgan fingerprint density at radius 2 is 0.529 bits per heavy atom. The largest absolute Gasteiger partial charge is 0.460 e. The number of alkyl halides is 35. The molecule has 0 radical (unpaired) electrons. The number of hydrogen-bond acceptors (Lipinski definition) is 2. The normalized spacial score (nSPS) is 16.0. The predicted octanol–water partition coefficient (Wildman–Crippen LogP) is 14.9. The number of carbonyl (C=O) groups excluding carboxylic acids is 1. The summed E-state index contributed by atoms with van der Waals surface area (Å²) >= 11 is 0. The lowest BCUT2D eigenvalue weighted by Gasteiger charge is -2.47. The number of esters is 1. The Morgan fingerprint density at radius 1 is 0.314 bits per heavy atom. The summed E-state index contributed by atoms with van der Waals surface area (Å²) in [6.45, 7) is -3.83. The van der Waals surface area contributed by atoms with Crippen LogP contribution in [0.4, 0.5) is 154 Å². The molecule has 0 saturated heterocycles. The van der Waals surface area contributed by atoms with Crippen molar-refractivity contribution in [3.8, 4) is 0 Å². The number of benzene rings is 3. The van der Waals surface area contributed by atoms with Crippen molar-refractivity contribution in [2.75, 3.05) is 6.61 Å². The maximum absolute atomic E-state index is 14.6. The van der Waals surface area contributed by atoms with Crippen LogP contribution in [0.1, 0.15) is 10.4 Å². The molecule has 0 heterocycles. The summed E-state index contributed by atoms with van der Waals surface area (Å²) in [5.74, 6) is -158. The van der Waals surface area contributed by atoms with Crippen LogP contribution in [0.25, 0.3) is 21.5 Å². The van der Waals surface area contributed by atoms with Gasteiger partial charge in [-0.3, -0.25) is 0 Å². The number of ether oxygens (including phenoxy) is 1. The fourth-order valence-electron chi connectivity index (χ4n) is 5.52. The van der Waals surface area contributed by atoms with Gasteiger partial charge in [-0.25, -0.2) is 4.79 Å². The molecule has 0 aliphatic carbocycles. The molecule has 0 atom stereocenters. The first-order valence-corrected chi connectivity index (χ1v) is 16.6. The first-order valence-electron chi connectivity index (χ1n) is 16.6. The molecule has 70 heavy (non-hydrogen) atoms. The number of hydrogen-bond donors (Lipinski definition) is 0. The second-order valence-corrected chi connectivity index (χ2v) is 14.1. The van der Waals surface area contributed by atoms with Gasteiger partial charge in [0.2, 0.25) is 0 Å². The molecule has 37 heteroatoms. The van der Waals surface area contributed by atoms with Gasteiger partial charge in [-0.1, -0.05) is 48.5 Å². The van der Waals surface area contributed by atoms with Crippen LogP contribution in [0.15, 0.2) is 54.6 Å². The van der Waals surface area contributed by atoms with Crippen LogP contribution >= 0.6 is 0 Å². The molecule has 3 aromatic rings. The van der Waals surface area contributed by atoms with Crippen LogP contribution < -0.4 is 0 Å². The van der Waals surface area contributed by atoms with Crippen LogP contribution in [0.3, 0.4) is 0 Å². The number of rotatable bonds is 18. The van der Waals surface area contributed by atoms with Gasteiger partial charge in [0.15, 0.2) is 6.61 Å². The number of carbonyl (C=O) groups is 1. The van der Waals surface area contributed by atoms with E-state index in [4.69, 9.17) is 0 Å². The van der Waals surface area contributed by atoms with Crippen molar-refractivity contribution in [3.05, 3.63) is 60.2 Å². The summed E-state index contributed by atoms with van der Waals surface area (Å²) < 4.78 is 491. The third kappa shape index (κ3) is 7.29. The summed E-state index contributed by atoms with van der Waals surface area (Å²) in [5.41, 5.74) is -0.998. The smallest absolute Gasteiger partial charge is 0.455 e. The monoisotopic (exact) mass is 1100 g/mol. The van der Waals surface area contributed by atoms with Gasteiger partial charge in [0.1, 0.15) is 0 Å². The Morgan fingerprint density at radius 3 is 0.771 bits per heavy atom. The van der Waals surface area contributed by atoms with E-state index in [0.29, 0.717) is 0 Å². The van der Waals surface area contributed by atoms with E-state index < -0.39 is 130 Å². The fraction of sp³-hybridized carbons (Fsp3) is 0.545. The van der Waals surface area contributed by atoms with E-state index in [0.717, 1.165) is 36.4 Å². The topological polar surface area (TPSA) is 26.3 Å². The van der Waals surface area contributed by atoms with Crippen LogP contribution in [-0.2, 0) is 4.74 Å². The molecule has 0 aliphatic rings. The summed E-state index contributed by atoms with van der Waals surface area (Å²) in [4.78, 5) is 12.8. The van der Waals surface area contributed by atoms with Gasteiger partial charge < -0.3 is 4.74 Å². The van der Waals surface area contributed by atoms with E-state index in [2.05, 4.69) is 4.74 Å². The second-order valence-electron chi connectivity index (χ2n) is 14.1. The van der Waals surface area contributed by atoms with Crippen molar-refractivity contribution in [2.45, 2.75) is 101 Å². The van der Waals surface area contributed by atoms with Crippen molar-refractivity contribution in [1.82, 2.24) is 0 Å². The third-order valence-electron chi connectivity index (χ3n) is 9.70. The molecule has 0 unspecified atom stereocenters. The zero-order valence-corrected chi connectivity index (χ0v) is 31.4. The summed E-state index contributed by atoms with van der Waals surface area (Å²) in [5, 5.41) is -0.951. The minimum Gasteiger partial charge on any atom is -0.455 e. The molecule has 0 N–H and O–H groups in total. The van der Waals surface area contributed by atoms with E-state index in [1.54, 1.807) is 0 Å². The predicted molar refractivity (Wildman–Crippen MR) is 157 cm³/mol. The van der Waals surface area contributed by atoms with E-state index >= 15 is 0 Å². The minimum absolute atomic E-state index is 0.0679. The Balaban J connectivity index is 2.12. The highest BCUT2D eigenvalue weighted by molar-refractivity contribution is 6.16. The molecule has 2 nitrogen and oxygen atoms in total. The van der Waals surface area contributed by atoms with Gasteiger partial charge in [0.25, 0.3) is 0 Å². The maximum atomic E-state index is 14.6. The molecule has 0 fully saturated rings. The standard InChI is InChI=1S/C33H11F35O2/c34-17(35,10-70-16(69)15-13-7-3-1-5-11(13)9-12-6-2-4-8-14(12)15)18(36,37)19(38,39)20(40,41)21(42,43)22(44,45)23(46,47)24(48,49)25(50,51)26(52,53)27(54,55)28(56,57)29(58,59)30(60,61)31(62,63)32(64,65)33(66,67)68/h1-9H,10H2. The lowest BCUT2D eigenvalue weighted by atomic mass is 9.82. The minimum atomic E-state index is -10.4. The lowest BCUT2D eigenvalue weighted by molar-refractivity contribution is -0.492. The van der Waals surface area contributed by atoms with E-state index in [-0.39, 0.29) is 10.8 Å². The van der Waals surface area contributed by atoms with Crippen molar-refractivity contribution in [3.63, 3.8) is 0 Å². The van der Waals surface area contributed by atoms with Crippen molar-refractivity contribution in [1.29, 1.82) is 0 Å². The van der Waals surface area contributed by atoms with Gasteiger partial charge in [-0.15, -0.1) is 0 Å². The molecule has 0 amide bonds. The van der Waals surface area contributed by atoms with Crippen LogP contribution in [0.5, 0.6) is 0 Å². The average Bonchev–Trinajstić information content (AvgIpc) is 3.20. The van der Waals surface area contributed by atoms with Crippen LogP contribution in [-0.4, -0.2) is 114 Å². The quantitative estimate of drug-likeness (QED) is 0.0721. The number of halogens is 35. The average molecular weight is 1100 g/mol. The fourth-order valence-corrected chi connectivity index (χ4v) is 5.52. The van der Waals surface area contributed by atoms with Crippen molar-refractivity contribution in [2.24, 2.45) is 0 Å². The van der Waals surface area contributed by atoms with Gasteiger partial charge in [-0.05, 0) is 27.6 Å². The van der Waals surface area contributed by atoms with Crippen molar-refractivity contribution >= 4 is 27.5 Å². The third-order valence-corrected chi connectivity index (χ3v) is 9.70. The Bertz CT molecular complexity index is 2390. The van der Waals surface area contributed by atoms with E-state index in [1.807, 2.05) is 0 Å². The van der Waals surface area contributed by atoms with Crippen LogP contribution in [0, 0.1) is 0 Å². The first-order chi connectivity index (χ1) is 30.5. The van der Waals surface area contributed by atoms with E-state index in [1.165, 1.54) is 18.2 Å². The first kappa shape index (κ1) is 59.5. The Kier molecular flexibility index (Phi) is 13.7. The molecule has 0 bridgehead atoms. The highest BCUT2D eigenvalue weighted by atomic mass is 19.4. The second kappa shape index (κ2) is 16.1. The zero-order valence-electron chi connectivity index (χ0n) is 31.4. The summed E-state index contributed by atoms with van der Waals surface area (Å²) in [7, 11) is 0. The number of fused-ring (bicyclic) bond motifs is 2.